The summed E-state index contributed by atoms with van der Waals surface area (Å²) in [6, 6.07) is 0. The first-order valence-electron chi connectivity index (χ1n) is 8.06. The molecule has 0 spiro atoms. The van der Waals surface area contributed by atoms with Crippen molar-refractivity contribution in [1.82, 2.24) is 0 Å². The Morgan fingerprint density at radius 1 is 0.692 bits per heavy atom. The Bertz CT molecular complexity index is 556. The smallest absolute Gasteiger partial charge is 0.580 e. The molecule has 0 atom stereocenters. The highest BCUT2D eigenvalue weighted by atomic mass is 27.3. The zero-order valence-corrected chi connectivity index (χ0v) is 17.1. The largest absolute Gasteiger partial charge is 1.20 e. The summed E-state index contributed by atoms with van der Waals surface area (Å²) in [5.74, 6) is -0.699. The van der Waals surface area contributed by atoms with E-state index in [1.165, 1.54) is 26.8 Å². The van der Waals surface area contributed by atoms with Gasteiger partial charge in [0.1, 0.15) is 0 Å². The van der Waals surface area contributed by atoms with Crippen molar-refractivity contribution in [3.63, 3.8) is 0 Å². The number of hydrogen-bond acceptors (Lipinski definition) is 8. The lowest BCUT2D eigenvalue weighted by atomic mass is 10.4. The molecule has 0 aliphatic rings. The first-order chi connectivity index (χ1) is 12.2. The number of allylic oxidation sites excluding steroid dienone is 4. The molecule has 0 rings (SSSR count). The molecular formula is C17H25AlO8. The van der Waals surface area contributed by atoms with Gasteiger partial charge in [0, 0.05) is 6.08 Å². The van der Waals surface area contributed by atoms with Crippen LogP contribution in [0.3, 0.4) is 0 Å². The van der Waals surface area contributed by atoms with Gasteiger partial charge in [0.05, 0.1) is 31.1 Å². The number of rotatable bonds is 13. The molecule has 0 aliphatic heterocycles. The quantitative estimate of drug-likeness (QED) is 0.271. The SMILES string of the molecule is CCO/C(=C\C(C)=O)[O][Al]([O]/C(C)=C/C(C)=O)[O]/C(=C/C(C)=O)OCC. The predicted octanol–water partition coefficient (Wildman–Crippen LogP) is 2.45. The lowest BCUT2D eigenvalue weighted by molar-refractivity contribution is -0.113. The van der Waals surface area contributed by atoms with Crippen LogP contribution in [0.1, 0.15) is 41.5 Å². The van der Waals surface area contributed by atoms with Crippen LogP contribution < -0.4 is 0 Å². The molecule has 0 bridgehead atoms. The summed E-state index contributed by atoms with van der Waals surface area (Å²) in [6.07, 6.45) is 3.56. The lowest BCUT2D eigenvalue weighted by Gasteiger charge is -2.19. The summed E-state index contributed by atoms with van der Waals surface area (Å²) in [5.41, 5.74) is 0. The maximum absolute atomic E-state index is 11.3. The van der Waals surface area contributed by atoms with E-state index in [1.807, 2.05) is 0 Å². The van der Waals surface area contributed by atoms with Crippen LogP contribution in [0.2, 0.25) is 0 Å². The van der Waals surface area contributed by atoms with Crippen molar-refractivity contribution in [2.24, 2.45) is 0 Å². The van der Waals surface area contributed by atoms with E-state index in [9.17, 15) is 14.4 Å². The van der Waals surface area contributed by atoms with Gasteiger partial charge >= 0.3 is 15.1 Å². The summed E-state index contributed by atoms with van der Waals surface area (Å²) in [6.45, 7) is 9.54. The standard InChI is InChI=1S/2C6H10O3.C5H8O2.Al/c2*1-3-9-6(8)4-5(2)7;1-4(6)3-5(2)7;/h2*4,8H,3H2,1-2H3;3,6H,1-2H3;/q;;;+3/p-3/b2*6-4-;4-3+;. The van der Waals surface area contributed by atoms with Gasteiger partial charge < -0.3 is 20.8 Å². The fraction of sp³-hybridized carbons (Fsp3) is 0.471. The van der Waals surface area contributed by atoms with Crippen LogP contribution in [0.15, 0.2) is 35.9 Å². The predicted molar refractivity (Wildman–Crippen MR) is 94.2 cm³/mol. The van der Waals surface area contributed by atoms with E-state index in [-0.39, 0.29) is 48.2 Å². The van der Waals surface area contributed by atoms with Gasteiger partial charge in [-0.2, -0.15) is 0 Å². The molecule has 0 saturated carbocycles. The van der Waals surface area contributed by atoms with Gasteiger partial charge in [-0.15, -0.1) is 0 Å². The van der Waals surface area contributed by atoms with Gasteiger partial charge in [0.15, 0.2) is 17.3 Å². The molecule has 0 amide bonds. The first-order valence-corrected chi connectivity index (χ1v) is 9.48. The van der Waals surface area contributed by atoms with Gasteiger partial charge in [-0.1, -0.05) is 0 Å². The molecule has 0 unspecified atom stereocenters. The number of carbonyl (C=O) groups excluding carboxylic acids is 3. The first kappa shape index (κ1) is 23.8. The summed E-state index contributed by atoms with van der Waals surface area (Å²) in [7, 11) is 0. The van der Waals surface area contributed by atoms with E-state index in [4.69, 9.17) is 20.8 Å². The van der Waals surface area contributed by atoms with Crippen LogP contribution in [0, 0.1) is 0 Å². The Morgan fingerprint density at radius 2 is 1.08 bits per heavy atom. The summed E-state index contributed by atoms with van der Waals surface area (Å²) in [5, 5.41) is 0. The summed E-state index contributed by atoms with van der Waals surface area (Å²) in [4.78, 5) is 33.8. The van der Waals surface area contributed by atoms with Crippen LogP contribution in [-0.2, 0) is 35.2 Å². The molecule has 9 heteroatoms. The third kappa shape index (κ3) is 12.2. The van der Waals surface area contributed by atoms with E-state index >= 15 is 0 Å². The highest BCUT2D eigenvalue weighted by Crippen LogP contribution is 2.13. The van der Waals surface area contributed by atoms with Gasteiger partial charge in [0.25, 0.3) is 11.9 Å². The highest BCUT2D eigenvalue weighted by Gasteiger charge is 2.47. The topological polar surface area (TPSA) is 97.4 Å². The monoisotopic (exact) mass is 384 g/mol. The maximum atomic E-state index is 11.3. The Hall–Kier alpha value is -2.24. The zero-order valence-electron chi connectivity index (χ0n) is 16.0. The molecule has 0 N–H and O–H groups in total. The third-order valence-corrected chi connectivity index (χ3v) is 3.74. The van der Waals surface area contributed by atoms with Gasteiger partial charge in [-0.05, 0) is 41.5 Å². The average Bonchev–Trinajstić information content (AvgIpc) is 2.45. The van der Waals surface area contributed by atoms with Gasteiger partial charge in [0.2, 0.25) is 0 Å². The number of carbonyl (C=O) groups is 3. The molecule has 0 fully saturated rings. The van der Waals surface area contributed by atoms with Crippen molar-refractivity contribution in [2.45, 2.75) is 41.5 Å². The Kier molecular flexibility index (Phi) is 11.9. The van der Waals surface area contributed by atoms with Crippen LogP contribution in [0.25, 0.3) is 0 Å². The molecule has 0 heterocycles. The number of hydrogen-bond donors (Lipinski definition) is 0. The van der Waals surface area contributed by atoms with Crippen molar-refractivity contribution in [3.8, 4) is 0 Å². The minimum atomic E-state index is -3.06. The molecule has 0 aromatic rings. The van der Waals surface area contributed by atoms with Crippen LogP contribution in [0.4, 0.5) is 0 Å². The van der Waals surface area contributed by atoms with Crippen LogP contribution in [-0.4, -0.2) is 45.7 Å². The van der Waals surface area contributed by atoms with Gasteiger partial charge in [-0.3, -0.25) is 14.4 Å². The third-order valence-electron chi connectivity index (χ3n) is 2.33. The molecule has 0 radical (unpaired) electrons. The molecule has 0 saturated heterocycles. The van der Waals surface area contributed by atoms with Crippen molar-refractivity contribution in [2.75, 3.05) is 13.2 Å². The Labute approximate surface area is 158 Å². The second-order valence-corrected chi connectivity index (χ2v) is 6.31. The zero-order chi connectivity index (χ0) is 20.1. The summed E-state index contributed by atoms with van der Waals surface area (Å²) < 4.78 is 27.1. The molecule has 0 aromatic carbocycles. The van der Waals surface area contributed by atoms with Crippen molar-refractivity contribution in [3.05, 3.63) is 35.9 Å². The molecule has 26 heavy (non-hydrogen) atoms. The molecule has 144 valence electrons. The van der Waals surface area contributed by atoms with E-state index in [0.717, 1.165) is 12.2 Å². The normalized spacial score (nSPS) is 12.2. The van der Waals surface area contributed by atoms with Crippen molar-refractivity contribution < 1.29 is 35.2 Å². The fourth-order valence-electron chi connectivity index (χ4n) is 1.57. The second-order valence-electron chi connectivity index (χ2n) is 5.02. The van der Waals surface area contributed by atoms with Gasteiger partial charge in [-0.25, -0.2) is 0 Å². The molecular weight excluding hydrogens is 359 g/mol. The van der Waals surface area contributed by atoms with Crippen LogP contribution in [0.5, 0.6) is 0 Å². The average molecular weight is 384 g/mol. The van der Waals surface area contributed by atoms with E-state index in [2.05, 4.69) is 0 Å². The summed E-state index contributed by atoms with van der Waals surface area (Å²) >= 11 is -3.06. The highest BCUT2D eigenvalue weighted by molar-refractivity contribution is 6.37. The fourth-order valence-corrected chi connectivity index (χ4v) is 2.74. The molecule has 0 aliphatic carbocycles. The minimum absolute atomic E-state index is 0.0778. The molecule has 8 nitrogen and oxygen atoms in total. The Balaban J connectivity index is 5.53. The number of ether oxygens (including phenoxy) is 2. The maximum Gasteiger partial charge on any atom is 1.20 e. The van der Waals surface area contributed by atoms with Crippen LogP contribution >= 0.6 is 0 Å². The van der Waals surface area contributed by atoms with E-state index < -0.39 is 15.1 Å². The Morgan fingerprint density at radius 3 is 1.38 bits per heavy atom. The number of ketones is 3. The van der Waals surface area contributed by atoms with E-state index in [1.54, 1.807) is 20.8 Å². The van der Waals surface area contributed by atoms with Crippen molar-refractivity contribution in [1.29, 1.82) is 0 Å². The van der Waals surface area contributed by atoms with Crippen molar-refractivity contribution >= 4 is 32.5 Å². The minimum Gasteiger partial charge on any atom is -0.580 e. The molecule has 0 aromatic heterocycles. The van der Waals surface area contributed by atoms with E-state index in [0.29, 0.717) is 0 Å². The second kappa shape index (κ2) is 13.0. The lowest BCUT2D eigenvalue weighted by Crippen LogP contribution is -2.28.